The predicted molar refractivity (Wildman–Crippen MR) is 129 cm³/mol. The van der Waals surface area contributed by atoms with Crippen LogP contribution in [0.5, 0.6) is 23.0 Å². The summed E-state index contributed by atoms with van der Waals surface area (Å²) >= 11 is 0. The molecule has 8 heteroatoms. The van der Waals surface area contributed by atoms with Crippen LogP contribution in [0.2, 0.25) is 0 Å². The van der Waals surface area contributed by atoms with Crippen LogP contribution in [0.3, 0.4) is 0 Å². The minimum absolute atomic E-state index is 0.0409. The molecular weight excluding hydrogens is 448 g/mol. The maximum absolute atomic E-state index is 12.4. The normalized spacial score (nSPS) is 12.9. The van der Waals surface area contributed by atoms with Gasteiger partial charge in [-0.25, -0.2) is 0 Å². The second-order valence-electron chi connectivity index (χ2n) is 8.40. The number of fused-ring (bicyclic) bond motifs is 2. The summed E-state index contributed by atoms with van der Waals surface area (Å²) in [6.07, 6.45) is 1.93. The number of carbonyl (C=O) groups is 2. The number of carbonyl (C=O) groups excluding carboxylic acids is 2. The van der Waals surface area contributed by atoms with E-state index in [1.807, 2.05) is 60.7 Å². The molecule has 0 spiro atoms. The average Bonchev–Trinajstić information content (AvgIpc) is 3.54. The first-order valence-electron chi connectivity index (χ1n) is 11.5. The SMILES string of the molecule is O=C(CCc1ccc2c(c1)OCO2)NCc1cccc(NC(=O)CCc2ccc3c(c2)OCO3)c1. The summed E-state index contributed by atoms with van der Waals surface area (Å²) in [7, 11) is 0. The van der Waals surface area contributed by atoms with Crippen molar-refractivity contribution in [1.29, 1.82) is 0 Å². The molecule has 180 valence electrons. The number of nitrogens with one attached hydrogen (secondary N) is 2. The summed E-state index contributed by atoms with van der Waals surface area (Å²) in [5.74, 6) is 2.78. The first-order valence-corrected chi connectivity index (χ1v) is 11.5. The third-order valence-electron chi connectivity index (χ3n) is 5.86. The van der Waals surface area contributed by atoms with Crippen molar-refractivity contribution in [1.82, 2.24) is 5.32 Å². The summed E-state index contributed by atoms with van der Waals surface area (Å²) in [6, 6.07) is 18.9. The third-order valence-corrected chi connectivity index (χ3v) is 5.86. The lowest BCUT2D eigenvalue weighted by atomic mass is 10.1. The van der Waals surface area contributed by atoms with Gasteiger partial charge in [-0.15, -0.1) is 0 Å². The van der Waals surface area contributed by atoms with Crippen molar-refractivity contribution in [3.05, 3.63) is 77.4 Å². The van der Waals surface area contributed by atoms with Gasteiger partial charge in [0.05, 0.1) is 0 Å². The van der Waals surface area contributed by atoms with Gasteiger partial charge in [0.15, 0.2) is 23.0 Å². The van der Waals surface area contributed by atoms with Crippen LogP contribution in [0.25, 0.3) is 0 Å². The van der Waals surface area contributed by atoms with E-state index in [4.69, 9.17) is 18.9 Å². The van der Waals surface area contributed by atoms with Crippen LogP contribution in [0, 0.1) is 0 Å². The molecule has 0 saturated carbocycles. The van der Waals surface area contributed by atoms with Gasteiger partial charge in [0.2, 0.25) is 25.4 Å². The first kappa shape index (κ1) is 22.6. The molecule has 0 radical (unpaired) electrons. The number of ether oxygens (including phenoxy) is 4. The third kappa shape index (κ3) is 5.84. The van der Waals surface area contributed by atoms with Gasteiger partial charge < -0.3 is 29.6 Å². The Morgan fingerprint density at radius 1 is 0.657 bits per heavy atom. The van der Waals surface area contributed by atoms with Crippen LogP contribution in [0.15, 0.2) is 60.7 Å². The molecule has 35 heavy (non-hydrogen) atoms. The topological polar surface area (TPSA) is 95.1 Å². The van der Waals surface area contributed by atoms with Gasteiger partial charge in [0, 0.05) is 25.1 Å². The second kappa shape index (κ2) is 10.4. The quantitative estimate of drug-likeness (QED) is 0.488. The molecule has 8 nitrogen and oxygen atoms in total. The van der Waals surface area contributed by atoms with E-state index in [-0.39, 0.29) is 25.4 Å². The lowest BCUT2D eigenvalue weighted by Gasteiger charge is -2.09. The maximum Gasteiger partial charge on any atom is 0.231 e. The van der Waals surface area contributed by atoms with E-state index in [1.165, 1.54) is 0 Å². The zero-order valence-electron chi connectivity index (χ0n) is 19.2. The Kier molecular flexibility index (Phi) is 6.70. The highest BCUT2D eigenvalue weighted by atomic mass is 16.7. The fourth-order valence-corrected chi connectivity index (χ4v) is 3.98. The minimum atomic E-state index is -0.0763. The molecule has 2 amide bonds. The monoisotopic (exact) mass is 474 g/mol. The second-order valence-corrected chi connectivity index (χ2v) is 8.40. The Balaban J connectivity index is 1.06. The summed E-state index contributed by atoms with van der Waals surface area (Å²) in [4.78, 5) is 24.8. The van der Waals surface area contributed by atoms with Gasteiger partial charge in [0.1, 0.15) is 0 Å². The zero-order chi connectivity index (χ0) is 24.0. The molecule has 5 rings (SSSR count). The summed E-state index contributed by atoms with van der Waals surface area (Å²) in [5.41, 5.74) is 3.65. The molecule has 2 aliphatic rings. The van der Waals surface area contributed by atoms with E-state index in [0.29, 0.717) is 43.7 Å². The van der Waals surface area contributed by atoms with Crippen LogP contribution in [0.4, 0.5) is 5.69 Å². The molecule has 2 aliphatic heterocycles. The molecule has 2 heterocycles. The smallest absolute Gasteiger partial charge is 0.231 e. The molecule has 2 N–H and O–H groups in total. The van der Waals surface area contributed by atoms with Crippen molar-refractivity contribution in [3.63, 3.8) is 0 Å². The standard InChI is InChI=1S/C27H26N2O6/c30-26(10-6-18-4-8-22-24(13-18)34-16-32-22)28-15-20-2-1-3-21(12-20)29-27(31)11-7-19-5-9-23-25(14-19)35-17-33-23/h1-5,8-9,12-14H,6-7,10-11,15-17H2,(H,28,30)(H,29,31). The van der Waals surface area contributed by atoms with Crippen molar-refractivity contribution >= 4 is 17.5 Å². The maximum atomic E-state index is 12.4. The molecule has 0 atom stereocenters. The Morgan fingerprint density at radius 2 is 1.26 bits per heavy atom. The van der Waals surface area contributed by atoms with Gasteiger partial charge >= 0.3 is 0 Å². The van der Waals surface area contributed by atoms with Crippen LogP contribution in [-0.4, -0.2) is 25.4 Å². The predicted octanol–water partition coefficient (Wildman–Crippen LogP) is 3.96. The minimum Gasteiger partial charge on any atom is -0.454 e. The molecular formula is C27H26N2O6. The molecule has 0 aliphatic carbocycles. The Bertz CT molecular complexity index is 1240. The van der Waals surface area contributed by atoms with E-state index in [2.05, 4.69) is 10.6 Å². The van der Waals surface area contributed by atoms with Gasteiger partial charge in [0.25, 0.3) is 0 Å². The first-order chi connectivity index (χ1) is 17.1. The lowest BCUT2D eigenvalue weighted by molar-refractivity contribution is -0.121. The molecule has 0 aromatic heterocycles. The number of rotatable bonds is 9. The lowest BCUT2D eigenvalue weighted by Crippen LogP contribution is -2.23. The van der Waals surface area contributed by atoms with Crippen LogP contribution in [0.1, 0.15) is 29.5 Å². The number of aryl methyl sites for hydroxylation is 2. The van der Waals surface area contributed by atoms with Gasteiger partial charge in [-0.05, 0) is 65.9 Å². The number of hydrogen-bond donors (Lipinski definition) is 2. The highest BCUT2D eigenvalue weighted by Gasteiger charge is 2.15. The van der Waals surface area contributed by atoms with Crippen molar-refractivity contribution in [3.8, 4) is 23.0 Å². The van der Waals surface area contributed by atoms with E-state index >= 15 is 0 Å². The molecule has 0 bridgehead atoms. The fraction of sp³-hybridized carbons (Fsp3) is 0.259. The molecule has 0 saturated heterocycles. The van der Waals surface area contributed by atoms with Crippen molar-refractivity contribution in [2.75, 3.05) is 18.9 Å². The largest absolute Gasteiger partial charge is 0.454 e. The highest BCUT2D eigenvalue weighted by Crippen LogP contribution is 2.33. The number of anilines is 1. The summed E-state index contributed by atoms with van der Waals surface area (Å²) in [5, 5.41) is 5.87. The highest BCUT2D eigenvalue weighted by molar-refractivity contribution is 5.91. The summed E-state index contributed by atoms with van der Waals surface area (Å²) in [6.45, 7) is 0.857. The van der Waals surface area contributed by atoms with E-state index in [0.717, 1.165) is 33.9 Å². The van der Waals surface area contributed by atoms with Gasteiger partial charge in [-0.1, -0.05) is 24.3 Å². The molecule has 3 aromatic rings. The molecule has 3 aromatic carbocycles. The van der Waals surface area contributed by atoms with E-state index in [1.54, 1.807) is 0 Å². The van der Waals surface area contributed by atoms with Crippen LogP contribution in [-0.2, 0) is 29.0 Å². The van der Waals surface area contributed by atoms with Crippen molar-refractivity contribution < 1.29 is 28.5 Å². The Hall–Kier alpha value is -4.20. The zero-order valence-corrected chi connectivity index (χ0v) is 19.2. The van der Waals surface area contributed by atoms with E-state index in [9.17, 15) is 9.59 Å². The number of hydrogen-bond acceptors (Lipinski definition) is 6. The molecule has 0 unspecified atom stereocenters. The fourth-order valence-electron chi connectivity index (χ4n) is 3.98. The molecule has 0 fully saturated rings. The van der Waals surface area contributed by atoms with Crippen LogP contribution >= 0.6 is 0 Å². The van der Waals surface area contributed by atoms with Crippen molar-refractivity contribution in [2.24, 2.45) is 0 Å². The van der Waals surface area contributed by atoms with Gasteiger partial charge in [-0.3, -0.25) is 9.59 Å². The Labute approximate surface area is 203 Å². The average molecular weight is 475 g/mol. The van der Waals surface area contributed by atoms with Crippen molar-refractivity contribution in [2.45, 2.75) is 32.2 Å². The Morgan fingerprint density at radius 3 is 1.91 bits per heavy atom. The van der Waals surface area contributed by atoms with E-state index < -0.39 is 0 Å². The van der Waals surface area contributed by atoms with Crippen LogP contribution < -0.4 is 29.6 Å². The number of amides is 2. The van der Waals surface area contributed by atoms with Gasteiger partial charge in [-0.2, -0.15) is 0 Å². The summed E-state index contributed by atoms with van der Waals surface area (Å²) < 4.78 is 21.4. The number of benzene rings is 3.